The Bertz CT molecular complexity index is 2770. The van der Waals surface area contributed by atoms with E-state index in [9.17, 15) is 0 Å². The zero-order valence-electron chi connectivity index (χ0n) is 28.2. The van der Waals surface area contributed by atoms with E-state index in [1.54, 1.807) is 0 Å². The van der Waals surface area contributed by atoms with Gasteiger partial charge >= 0.3 is 6.85 Å². The molecule has 0 bridgehead atoms. The molecule has 3 heterocycles. The summed E-state index contributed by atoms with van der Waals surface area (Å²) in [6.07, 6.45) is 0. The van der Waals surface area contributed by atoms with E-state index < -0.39 is 0 Å². The quantitative estimate of drug-likeness (QED) is 0.176. The van der Waals surface area contributed by atoms with E-state index in [-0.39, 0.29) is 6.85 Å². The Morgan fingerprint density at radius 2 is 0.846 bits per heavy atom. The Labute approximate surface area is 301 Å². The van der Waals surface area contributed by atoms with Crippen molar-refractivity contribution in [1.29, 1.82) is 0 Å². The molecule has 0 saturated heterocycles. The second-order valence-corrected chi connectivity index (χ2v) is 13.7. The highest BCUT2D eigenvalue weighted by atomic mass is 16.3. The molecule has 0 aliphatic carbocycles. The van der Waals surface area contributed by atoms with Crippen molar-refractivity contribution in [3.05, 3.63) is 182 Å². The van der Waals surface area contributed by atoms with Crippen molar-refractivity contribution in [2.75, 3.05) is 4.81 Å². The fourth-order valence-corrected chi connectivity index (χ4v) is 8.28. The van der Waals surface area contributed by atoms with E-state index in [1.807, 2.05) is 24.3 Å². The first kappa shape index (κ1) is 29.0. The van der Waals surface area contributed by atoms with Crippen LogP contribution in [0.4, 0.5) is 11.4 Å². The molecule has 2 aromatic heterocycles. The third-order valence-electron chi connectivity index (χ3n) is 10.7. The van der Waals surface area contributed by atoms with Gasteiger partial charge in [-0.3, -0.25) is 0 Å². The molecule has 3 nitrogen and oxygen atoms in total. The minimum atomic E-state index is -0.0139. The number of para-hydroxylation sites is 3. The minimum absolute atomic E-state index is 0.0139. The van der Waals surface area contributed by atoms with Crippen LogP contribution in [-0.2, 0) is 0 Å². The number of furan rings is 2. The predicted molar refractivity (Wildman–Crippen MR) is 217 cm³/mol. The van der Waals surface area contributed by atoms with Crippen LogP contribution in [0.5, 0.6) is 0 Å². The van der Waals surface area contributed by atoms with Crippen molar-refractivity contribution >= 4 is 73.0 Å². The van der Waals surface area contributed by atoms with Gasteiger partial charge in [0.1, 0.15) is 22.3 Å². The molecule has 0 spiro atoms. The maximum atomic E-state index is 6.19. The van der Waals surface area contributed by atoms with E-state index in [0.29, 0.717) is 0 Å². The lowest BCUT2D eigenvalue weighted by molar-refractivity contribution is 0.668. The zero-order chi connectivity index (χ0) is 34.2. The van der Waals surface area contributed by atoms with Gasteiger partial charge in [-0.2, -0.15) is 0 Å². The maximum Gasteiger partial charge on any atom is 0.328 e. The van der Waals surface area contributed by atoms with Gasteiger partial charge in [0.15, 0.2) is 0 Å². The highest BCUT2D eigenvalue weighted by Gasteiger charge is 2.37. The average molecular weight is 664 g/mol. The van der Waals surface area contributed by atoms with E-state index in [2.05, 4.69) is 163 Å². The molecular formula is C48H30BNO2. The number of rotatable bonds is 4. The van der Waals surface area contributed by atoms with Crippen LogP contribution in [0.1, 0.15) is 0 Å². The first-order chi connectivity index (χ1) is 25.8. The van der Waals surface area contributed by atoms with E-state index in [4.69, 9.17) is 8.83 Å². The number of benzene rings is 8. The fourth-order valence-electron chi connectivity index (χ4n) is 8.28. The summed E-state index contributed by atoms with van der Waals surface area (Å²) in [6, 6.07) is 65.3. The van der Waals surface area contributed by atoms with Crippen LogP contribution < -0.4 is 15.7 Å². The molecule has 10 aromatic rings. The van der Waals surface area contributed by atoms with E-state index >= 15 is 0 Å². The predicted octanol–water partition coefficient (Wildman–Crippen LogP) is 11.7. The summed E-state index contributed by atoms with van der Waals surface area (Å²) in [6.45, 7) is -0.0139. The molecule has 8 aromatic carbocycles. The topological polar surface area (TPSA) is 29.5 Å². The molecule has 52 heavy (non-hydrogen) atoms. The Morgan fingerprint density at radius 1 is 0.365 bits per heavy atom. The van der Waals surface area contributed by atoms with Gasteiger partial charge in [0.05, 0.1) is 0 Å². The van der Waals surface area contributed by atoms with Crippen LogP contribution in [0.15, 0.2) is 191 Å². The summed E-state index contributed by atoms with van der Waals surface area (Å²) < 4.78 is 12.4. The largest absolute Gasteiger partial charge is 0.456 e. The molecule has 0 amide bonds. The third kappa shape index (κ3) is 4.48. The zero-order valence-corrected chi connectivity index (χ0v) is 28.2. The molecule has 0 saturated carbocycles. The molecule has 242 valence electrons. The van der Waals surface area contributed by atoms with Gasteiger partial charge in [-0.05, 0) is 100 Å². The first-order valence-electron chi connectivity index (χ1n) is 17.8. The summed E-state index contributed by atoms with van der Waals surface area (Å²) in [5, 5.41) is 4.53. The SMILES string of the molecule is c1ccc(B2c3ccc(-c4ccc5oc6ccccc6c5c4)cc3-c3cc(-c4ccc5oc6ccccc6c5c4)ccc3N2c2ccccc2)cc1. The van der Waals surface area contributed by atoms with Crippen LogP contribution in [-0.4, -0.2) is 6.85 Å². The fraction of sp³-hybridized carbons (Fsp3) is 0. The number of fused-ring (bicyclic) bond motifs is 9. The molecule has 0 N–H and O–H groups in total. The van der Waals surface area contributed by atoms with Crippen LogP contribution in [0.2, 0.25) is 0 Å². The normalized spacial score (nSPS) is 12.5. The highest BCUT2D eigenvalue weighted by Crippen LogP contribution is 2.44. The molecule has 0 unspecified atom stereocenters. The van der Waals surface area contributed by atoms with Gasteiger partial charge in [0.25, 0.3) is 0 Å². The lowest BCUT2D eigenvalue weighted by Gasteiger charge is -2.39. The van der Waals surface area contributed by atoms with Crippen molar-refractivity contribution in [3.63, 3.8) is 0 Å². The summed E-state index contributed by atoms with van der Waals surface area (Å²) >= 11 is 0. The number of nitrogens with zero attached hydrogens (tertiary/aromatic N) is 1. The van der Waals surface area contributed by atoms with Gasteiger partial charge in [0.2, 0.25) is 0 Å². The van der Waals surface area contributed by atoms with Crippen molar-refractivity contribution in [2.24, 2.45) is 0 Å². The minimum Gasteiger partial charge on any atom is -0.456 e. The van der Waals surface area contributed by atoms with Gasteiger partial charge in [-0.1, -0.05) is 121 Å². The molecule has 0 radical (unpaired) electrons. The van der Waals surface area contributed by atoms with Crippen molar-refractivity contribution in [1.82, 2.24) is 0 Å². The smallest absolute Gasteiger partial charge is 0.328 e. The number of hydrogen-bond acceptors (Lipinski definition) is 3. The molecule has 11 rings (SSSR count). The number of hydrogen-bond donors (Lipinski definition) is 0. The standard InChI is InChI=1S/C48H30BNO2/c1-3-11-35(12-4-1)49-43-23-19-31(33-21-25-47-41(29-33)37-15-7-9-17-45(37)51-47)27-39(43)40-28-32(20-24-44(40)50(49)36-13-5-2-6-14-36)34-22-26-48-42(30-34)38-16-8-10-18-46(38)52-48/h1-30H. The van der Waals surface area contributed by atoms with Crippen LogP contribution in [0, 0.1) is 0 Å². The monoisotopic (exact) mass is 663 g/mol. The van der Waals surface area contributed by atoms with Gasteiger partial charge in [-0.25, -0.2) is 0 Å². The maximum absolute atomic E-state index is 6.19. The van der Waals surface area contributed by atoms with Crippen molar-refractivity contribution in [3.8, 4) is 33.4 Å². The lowest BCUT2D eigenvalue weighted by atomic mass is 9.45. The molecule has 0 atom stereocenters. The molecular weight excluding hydrogens is 633 g/mol. The average Bonchev–Trinajstić information content (AvgIpc) is 3.78. The van der Waals surface area contributed by atoms with E-state index in [1.165, 1.54) is 44.4 Å². The lowest BCUT2D eigenvalue weighted by Crippen LogP contribution is -2.57. The molecule has 0 fully saturated rings. The van der Waals surface area contributed by atoms with E-state index in [0.717, 1.165) is 55.1 Å². The third-order valence-corrected chi connectivity index (χ3v) is 10.7. The Balaban J connectivity index is 1.14. The van der Waals surface area contributed by atoms with Gasteiger partial charge < -0.3 is 13.6 Å². The summed E-state index contributed by atoms with van der Waals surface area (Å²) in [5.74, 6) is 0. The van der Waals surface area contributed by atoms with Crippen LogP contribution in [0.3, 0.4) is 0 Å². The molecule has 1 aliphatic heterocycles. The molecule has 4 heteroatoms. The molecule has 1 aliphatic rings. The Morgan fingerprint density at radius 3 is 1.48 bits per heavy atom. The van der Waals surface area contributed by atoms with Gasteiger partial charge in [-0.15, -0.1) is 0 Å². The van der Waals surface area contributed by atoms with Crippen molar-refractivity contribution < 1.29 is 8.83 Å². The van der Waals surface area contributed by atoms with Crippen LogP contribution >= 0.6 is 0 Å². The summed E-state index contributed by atoms with van der Waals surface area (Å²) in [4.78, 5) is 2.51. The van der Waals surface area contributed by atoms with Gasteiger partial charge in [0, 0.05) is 38.5 Å². The summed E-state index contributed by atoms with van der Waals surface area (Å²) in [5.41, 5.74) is 15.6. The first-order valence-corrected chi connectivity index (χ1v) is 17.8. The second-order valence-electron chi connectivity index (χ2n) is 13.7. The highest BCUT2D eigenvalue weighted by molar-refractivity contribution is 6.90. The summed E-state index contributed by atoms with van der Waals surface area (Å²) in [7, 11) is 0. The Kier molecular flexibility index (Phi) is 6.35. The Hall–Kier alpha value is -6.78. The van der Waals surface area contributed by atoms with Crippen LogP contribution in [0.25, 0.3) is 77.3 Å². The number of anilines is 2. The second kappa shape index (κ2) is 11.4. The van der Waals surface area contributed by atoms with Crippen molar-refractivity contribution in [2.45, 2.75) is 0 Å².